The molecule has 0 aromatic carbocycles. The fraction of sp³-hybridized carbons (Fsp3) is 0.429. The number of aromatic amines is 1. The van der Waals surface area contributed by atoms with E-state index in [9.17, 15) is 23.6 Å². The molecule has 0 aliphatic heterocycles. The van der Waals surface area contributed by atoms with Crippen molar-refractivity contribution < 1.29 is 23.5 Å². The second kappa shape index (κ2) is 13.7. The number of hydrogen-bond donors (Lipinski definition) is 2. The summed E-state index contributed by atoms with van der Waals surface area (Å²) in [6.07, 6.45) is 4.64. The summed E-state index contributed by atoms with van der Waals surface area (Å²) in [6.45, 7) is 4.05. The Bertz CT molecular complexity index is 1490. The van der Waals surface area contributed by atoms with E-state index >= 15 is 0 Å². The van der Waals surface area contributed by atoms with Crippen LogP contribution in [0.2, 0.25) is 0 Å². The smallest absolute Gasteiger partial charge is 0.410 e. The van der Waals surface area contributed by atoms with Crippen molar-refractivity contribution in [2.75, 3.05) is 33.5 Å². The van der Waals surface area contributed by atoms with Crippen LogP contribution in [0.1, 0.15) is 38.2 Å². The molecule has 3 aromatic heterocycles. The van der Waals surface area contributed by atoms with Crippen molar-refractivity contribution in [3.63, 3.8) is 0 Å². The number of imidazole rings is 1. The number of likely N-dealkylation sites (N-methyl/N-ethyl adjacent to an activating group) is 1. The first-order chi connectivity index (χ1) is 19.4. The van der Waals surface area contributed by atoms with Crippen molar-refractivity contribution >= 4 is 34.6 Å². The zero-order valence-corrected chi connectivity index (χ0v) is 24.1. The number of rotatable bonds is 11. The lowest BCUT2D eigenvalue weighted by Crippen LogP contribution is -2.37. The number of nitrogens with zero attached hydrogens (tertiary/aromatic N) is 5. The Labute approximate surface area is 237 Å². The average Bonchev–Trinajstić information content (AvgIpc) is 3.34. The number of nitrogens with one attached hydrogen (secondary N) is 2. The van der Waals surface area contributed by atoms with Crippen LogP contribution in [0.5, 0.6) is 0 Å². The van der Waals surface area contributed by atoms with Crippen molar-refractivity contribution in [3.05, 3.63) is 64.4 Å². The maximum absolute atomic E-state index is 14.4. The third-order valence-corrected chi connectivity index (χ3v) is 6.00. The lowest BCUT2D eigenvalue weighted by atomic mass is 10.1. The Morgan fingerprint density at radius 3 is 2.59 bits per heavy atom. The number of ether oxygens (including phenoxy) is 1. The molecule has 41 heavy (non-hydrogen) atoms. The fourth-order valence-electron chi connectivity index (χ4n) is 3.86. The van der Waals surface area contributed by atoms with Crippen LogP contribution >= 0.6 is 0 Å². The second-order valence-electron chi connectivity index (χ2n) is 10.4. The molecule has 0 spiro atoms. The van der Waals surface area contributed by atoms with E-state index in [2.05, 4.69) is 20.3 Å². The van der Waals surface area contributed by atoms with E-state index in [-0.39, 0.29) is 36.5 Å². The molecule has 0 aliphatic carbocycles. The molecule has 0 fully saturated rings. The van der Waals surface area contributed by atoms with Gasteiger partial charge < -0.3 is 29.4 Å². The molecule has 0 aliphatic rings. The van der Waals surface area contributed by atoms with Gasteiger partial charge in [-0.15, -0.1) is 0 Å². The summed E-state index contributed by atoms with van der Waals surface area (Å²) < 4.78 is 21.1. The van der Waals surface area contributed by atoms with Crippen LogP contribution in [-0.4, -0.2) is 81.5 Å². The highest BCUT2D eigenvalue weighted by Gasteiger charge is 2.24. The molecule has 0 radical (unpaired) electrons. The number of halogens is 1. The first kappa shape index (κ1) is 31.0. The number of allylic oxidation sites excluding steroid dienone is 1. The number of amides is 3. The molecule has 1 unspecified atom stereocenters. The third kappa shape index (κ3) is 8.22. The quantitative estimate of drug-likeness (QED) is 0.338. The van der Waals surface area contributed by atoms with E-state index in [4.69, 9.17) is 4.74 Å². The average molecular weight is 570 g/mol. The van der Waals surface area contributed by atoms with Crippen LogP contribution in [0.3, 0.4) is 0 Å². The van der Waals surface area contributed by atoms with E-state index in [1.54, 1.807) is 26.2 Å². The molecule has 3 amide bonds. The molecule has 0 saturated heterocycles. The molecule has 0 bridgehead atoms. The van der Waals surface area contributed by atoms with Crippen LogP contribution in [0, 0.1) is 11.7 Å². The van der Waals surface area contributed by atoms with Crippen molar-refractivity contribution in [3.8, 4) is 0 Å². The summed E-state index contributed by atoms with van der Waals surface area (Å²) in [5, 5.41) is 2.55. The Morgan fingerprint density at radius 2 is 1.93 bits per heavy atom. The summed E-state index contributed by atoms with van der Waals surface area (Å²) in [5.41, 5.74) is 0.749. The Hall–Kier alpha value is -4.55. The molecule has 0 saturated carbocycles. The molecule has 2 N–H and O–H groups in total. The van der Waals surface area contributed by atoms with Gasteiger partial charge in [0, 0.05) is 34.4 Å². The Kier molecular flexibility index (Phi) is 10.3. The highest BCUT2D eigenvalue weighted by atomic mass is 19.1. The highest BCUT2D eigenvalue weighted by molar-refractivity contribution is 5.95. The van der Waals surface area contributed by atoms with Gasteiger partial charge in [0.15, 0.2) is 11.9 Å². The fourth-order valence-corrected chi connectivity index (χ4v) is 3.86. The number of carbonyl (C=O) groups excluding carboxylic acids is 3. The van der Waals surface area contributed by atoms with Crippen LogP contribution in [-0.2, 0) is 27.3 Å². The predicted octanol–water partition coefficient (Wildman–Crippen LogP) is 2.94. The maximum Gasteiger partial charge on any atom is 0.410 e. The minimum Gasteiger partial charge on any atom is -0.436 e. The van der Waals surface area contributed by atoms with Gasteiger partial charge in [0.25, 0.3) is 11.5 Å². The molecular weight excluding hydrogens is 533 g/mol. The summed E-state index contributed by atoms with van der Waals surface area (Å²) in [4.78, 5) is 64.4. The van der Waals surface area contributed by atoms with Gasteiger partial charge in [0.2, 0.25) is 5.91 Å². The zero-order chi connectivity index (χ0) is 30.3. The van der Waals surface area contributed by atoms with Gasteiger partial charge in [-0.3, -0.25) is 19.4 Å². The molecule has 12 nitrogen and oxygen atoms in total. The van der Waals surface area contributed by atoms with Gasteiger partial charge in [-0.25, -0.2) is 14.2 Å². The lowest BCUT2D eigenvalue weighted by molar-refractivity contribution is -0.125. The van der Waals surface area contributed by atoms with Crippen LogP contribution in [0.25, 0.3) is 11.0 Å². The van der Waals surface area contributed by atoms with Crippen LogP contribution in [0.4, 0.5) is 14.9 Å². The molecular formula is C28H36FN7O5. The van der Waals surface area contributed by atoms with Gasteiger partial charge in [-0.2, -0.15) is 0 Å². The van der Waals surface area contributed by atoms with E-state index in [1.807, 2.05) is 13.8 Å². The standard InChI is InChI=1S/C28H36FN7O5/c1-17(2)14-20-25-24(18(29)15-30-20)32-22(33-25)16-36-13-9-10-19(27(36)39)31-26(38)21(41-28(40)35(5)6)11-7-8-12-23(37)34(3)4/h8-10,12-13,15,17,21H,7,11,14,16H2,1-6H3,(H,31,38)(H,32,33)/b12-8+. The van der Waals surface area contributed by atoms with Gasteiger partial charge >= 0.3 is 6.09 Å². The predicted molar refractivity (Wildman–Crippen MR) is 152 cm³/mol. The molecule has 13 heteroatoms. The monoisotopic (exact) mass is 569 g/mol. The number of fused-ring (bicyclic) bond motifs is 1. The summed E-state index contributed by atoms with van der Waals surface area (Å²) in [5.74, 6) is -0.844. The van der Waals surface area contributed by atoms with E-state index in [0.29, 0.717) is 29.4 Å². The summed E-state index contributed by atoms with van der Waals surface area (Å²) >= 11 is 0. The molecule has 220 valence electrons. The van der Waals surface area contributed by atoms with Crippen molar-refractivity contribution in [1.29, 1.82) is 0 Å². The number of pyridine rings is 2. The van der Waals surface area contributed by atoms with Gasteiger partial charge in [-0.1, -0.05) is 19.9 Å². The molecule has 3 heterocycles. The highest BCUT2D eigenvalue weighted by Crippen LogP contribution is 2.20. The van der Waals surface area contributed by atoms with Gasteiger partial charge in [0.1, 0.15) is 17.0 Å². The first-order valence-corrected chi connectivity index (χ1v) is 13.1. The minimum absolute atomic E-state index is 0.0124. The number of hydrogen-bond acceptors (Lipinski definition) is 7. The van der Waals surface area contributed by atoms with E-state index in [1.165, 1.54) is 46.8 Å². The topological polar surface area (TPSA) is 143 Å². The van der Waals surface area contributed by atoms with Crippen molar-refractivity contribution in [2.45, 2.75) is 45.8 Å². The minimum atomic E-state index is -1.22. The van der Waals surface area contributed by atoms with Crippen LogP contribution in [0.15, 0.2) is 41.5 Å². The Balaban J connectivity index is 1.80. The zero-order valence-electron chi connectivity index (χ0n) is 24.1. The normalized spacial score (nSPS) is 12.1. The lowest BCUT2D eigenvalue weighted by Gasteiger charge is -2.19. The second-order valence-corrected chi connectivity index (χ2v) is 10.4. The molecule has 1 atom stereocenters. The van der Waals surface area contributed by atoms with E-state index in [0.717, 1.165) is 6.20 Å². The Morgan fingerprint density at radius 1 is 1.20 bits per heavy atom. The van der Waals surface area contributed by atoms with Crippen molar-refractivity contribution in [2.24, 2.45) is 5.92 Å². The van der Waals surface area contributed by atoms with Gasteiger partial charge in [-0.05, 0) is 43.4 Å². The van der Waals surface area contributed by atoms with Crippen molar-refractivity contribution in [1.82, 2.24) is 29.3 Å². The number of aromatic nitrogens is 4. The summed E-state index contributed by atoms with van der Waals surface area (Å²) in [7, 11) is 6.19. The number of carbonyl (C=O) groups is 3. The SMILES string of the molecule is CC(C)Cc1ncc(F)c2nc(Cn3cccc(NC(=O)C(CC/C=C/C(=O)N(C)C)OC(=O)N(C)C)c3=O)[nH]c12. The third-order valence-electron chi connectivity index (χ3n) is 6.00. The largest absolute Gasteiger partial charge is 0.436 e. The summed E-state index contributed by atoms with van der Waals surface area (Å²) in [6, 6.07) is 3.00. The maximum atomic E-state index is 14.4. The van der Waals surface area contributed by atoms with Gasteiger partial charge in [0.05, 0.1) is 24.0 Å². The number of anilines is 1. The first-order valence-electron chi connectivity index (χ1n) is 13.1. The van der Waals surface area contributed by atoms with Crippen LogP contribution < -0.4 is 10.9 Å². The molecule has 3 rings (SSSR count). The molecule has 3 aromatic rings. The number of H-pyrrole nitrogens is 1. The van der Waals surface area contributed by atoms with E-state index < -0.39 is 29.5 Å².